The van der Waals surface area contributed by atoms with Crippen molar-refractivity contribution in [2.24, 2.45) is 11.8 Å². The molecule has 2 atom stereocenters. The zero-order chi connectivity index (χ0) is 23.9. The molecule has 4 aromatic carbocycles. The fourth-order valence-corrected chi connectivity index (χ4v) is 7.26. The van der Waals surface area contributed by atoms with Crippen LogP contribution in [0.2, 0.25) is 0 Å². The Balaban J connectivity index is 1.39. The molecule has 0 saturated carbocycles. The first-order chi connectivity index (χ1) is 17.0. The molecule has 3 heteroatoms. The molecule has 0 spiro atoms. The summed E-state index contributed by atoms with van der Waals surface area (Å²) in [6.45, 7) is 4.32. The van der Waals surface area contributed by atoms with Crippen LogP contribution in [-0.4, -0.2) is 11.8 Å². The third-order valence-corrected chi connectivity index (χ3v) is 8.88. The van der Waals surface area contributed by atoms with Gasteiger partial charge in [-0.05, 0) is 45.5 Å². The van der Waals surface area contributed by atoms with E-state index in [1.807, 2.05) is 66.7 Å². The van der Waals surface area contributed by atoms with Crippen molar-refractivity contribution >= 4 is 17.5 Å². The van der Waals surface area contributed by atoms with Gasteiger partial charge in [0, 0.05) is 10.8 Å². The first-order valence-corrected chi connectivity index (χ1v) is 12.2. The van der Waals surface area contributed by atoms with Crippen LogP contribution in [-0.2, 0) is 20.4 Å². The van der Waals surface area contributed by atoms with Gasteiger partial charge in [0.15, 0.2) is 0 Å². The van der Waals surface area contributed by atoms with Crippen LogP contribution in [0, 0.1) is 11.8 Å². The molecule has 0 aromatic heterocycles. The van der Waals surface area contributed by atoms with Gasteiger partial charge in [-0.1, -0.05) is 105 Å². The molecule has 3 nitrogen and oxygen atoms in total. The van der Waals surface area contributed by atoms with Gasteiger partial charge in [-0.25, -0.2) is 4.90 Å². The Kier molecular flexibility index (Phi) is 3.96. The van der Waals surface area contributed by atoms with Gasteiger partial charge in [0.2, 0.25) is 11.8 Å². The quantitative estimate of drug-likeness (QED) is 0.343. The predicted molar refractivity (Wildman–Crippen MR) is 137 cm³/mol. The van der Waals surface area contributed by atoms with E-state index in [9.17, 15) is 9.59 Å². The second-order valence-electron chi connectivity index (χ2n) is 10.4. The zero-order valence-electron chi connectivity index (χ0n) is 19.7. The highest BCUT2D eigenvalue weighted by Gasteiger charge is 2.70. The standard InChI is InChI=1S/C32H25NO2/c1-31-23-12-6-8-14-25(23)32(2,26-15-9-7-13-24(26)31)28-27(31)29(34)33(30(28)35)22-18-16-21(17-19-22)20-10-4-3-5-11-20/h3-19,27-28H,1-2H3/t27-,28-,31?,32?/m0/s1. The Morgan fingerprint density at radius 1 is 0.514 bits per heavy atom. The van der Waals surface area contributed by atoms with Gasteiger partial charge >= 0.3 is 0 Å². The Morgan fingerprint density at radius 2 is 0.886 bits per heavy atom. The van der Waals surface area contributed by atoms with Gasteiger partial charge in [-0.2, -0.15) is 0 Å². The number of hydrogen-bond donors (Lipinski definition) is 0. The van der Waals surface area contributed by atoms with Crippen molar-refractivity contribution in [1.82, 2.24) is 0 Å². The third-order valence-electron chi connectivity index (χ3n) is 8.88. The number of hydrogen-bond acceptors (Lipinski definition) is 2. The number of imide groups is 1. The van der Waals surface area contributed by atoms with E-state index in [0.29, 0.717) is 5.69 Å². The van der Waals surface area contributed by atoms with E-state index >= 15 is 0 Å². The molecule has 4 aliphatic rings. The molecule has 3 aliphatic carbocycles. The summed E-state index contributed by atoms with van der Waals surface area (Å²) < 4.78 is 0. The lowest BCUT2D eigenvalue weighted by molar-refractivity contribution is -0.124. The van der Waals surface area contributed by atoms with E-state index in [0.717, 1.165) is 11.1 Å². The molecule has 2 amide bonds. The lowest BCUT2D eigenvalue weighted by Crippen LogP contribution is -2.59. The van der Waals surface area contributed by atoms with Crippen LogP contribution < -0.4 is 4.90 Å². The lowest BCUT2D eigenvalue weighted by Gasteiger charge is -2.57. The number of anilines is 1. The average molecular weight is 456 g/mol. The summed E-state index contributed by atoms with van der Waals surface area (Å²) in [6.07, 6.45) is 0. The average Bonchev–Trinajstić information content (AvgIpc) is 3.19. The van der Waals surface area contributed by atoms with Gasteiger partial charge in [0.1, 0.15) is 0 Å². The first kappa shape index (κ1) is 20.4. The molecule has 1 aliphatic heterocycles. The minimum absolute atomic E-state index is 0.0924. The summed E-state index contributed by atoms with van der Waals surface area (Å²) in [5.74, 6) is -1.05. The summed E-state index contributed by atoms with van der Waals surface area (Å²) in [4.78, 5) is 29.8. The number of carbonyl (C=O) groups excluding carboxylic acids is 2. The van der Waals surface area contributed by atoms with Gasteiger partial charge < -0.3 is 0 Å². The van der Waals surface area contributed by atoms with E-state index < -0.39 is 22.7 Å². The Labute approximate surface area is 205 Å². The fourth-order valence-electron chi connectivity index (χ4n) is 7.26. The van der Waals surface area contributed by atoms with E-state index in [4.69, 9.17) is 0 Å². The molecule has 0 radical (unpaired) electrons. The molecule has 4 aromatic rings. The maximum absolute atomic E-state index is 14.2. The lowest BCUT2D eigenvalue weighted by atomic mass is 9.42. The van der Waals surface area contributed by atoms with E-state index in [-0.39, 0.29) is 11.8 Å². The second-order valence-corrected chi connectivity index (χ2v) is 10.4. The molecule has 35 heavy (non-hydrogen) atoms. The van der Waals surface area contributed by atoms with Crippen molar-refractivity contribution < 1.29 is 9.59 Å². The largest absolute Gasteiger partial charge is 0.274 e. The van der Waals surface area contributed by atoms with E-state index in [2.05, 4.69) is 50.2 Å². The maximum Gasteiger partial charge on any atom is 0.238 e. The van der Waals surface area contributed by atoms with Crippen LogP contribution in [0.5, 0.6) is 0 Å². The highest BCUT2D eigenvalue weighted by atomic mass is 16.2. The topological polar surface area (TPSA) is 37.4 Å². The molecule has 1 saturated heterocycles. The molecule has 0 N–H and O–H groups in total. The number of benzene rings is 4. The van der Waals surface area contributed by atoms with Crippen molar-refractivity contribution in [2.75, 3.05) is 4.90 Å². The van der Waals surface area contributed by atoms with Gasteiger partial charge in [0.25, 0.3) is 0 Å². The van der Waals surface area contributed by atoms with Crippen LogP contribution in [0.3, 0.4) is 0 Å². The van der Waals surface area contributed by atoms with E-state index in [1.165, 1.54) is 27.2 Å². The minimum atomic E-state index is -0.554. The van der Waals surface area contributed by atoms with Crippen molar-refractivity contribution in [1.29, 1.82) is 0 Å². The van der Waals surface area contributed by atoms with Crippen LogP contribution in [0.4, 0.5) is 5.69 Å². The number of nitrogens with zero attached hydrogens (tertiary/aromatic N) is 1. The Morgan fingerprint density at radius 3 is 1.31 bits per heavy atom. The minimum Gasteiger partial charge on any atom is -0.274 e. The molecular formula is C32H25NO2. The van der Waals surface area contributed by atoms with Crippen LogP contribution in [0.1, 0.15) is 36.1 Å². The molecule has 0 unspecified atom stereocenters. The number of carbonyl (C=O) groups is 2. The second kappa shape index (κ2) is 6.79. The summed E-state index contributed by atoms with van der Waals surface area (Å²) in [5.41, 5.74) is 6.39. The summed E-state index contributed by atoms with van der Waals surface area (Å²) >= 11 is 0. The van der Waals surface area contributed by atoms with Crippen molar-refractivity contribution in [3.05, 3.63) is 125 Å². The fraction of sp³-hybridized carbons (Fsp3) is 0.188. The number of rotatable bonds is 2. The summed E-state index contributed by atoms with van der Waals surface area (Å²) in [7, 11) is 0. The Bertz CT molecular complexity index is 1400. The van der Waals surface area contributed by atoms with Gasteiger partial charge in [-0.3, -0.25) is 9.59 Å². The van der Waals surface area contributed by atoms with Crippen molar-refractivity contribution in [3.8, 4) is 11.1 Å². The maximum atomic E-state index is 14.2. The SMILES string of the molecule is CC12c3ccccc3C(C)(c3ccccc31)[C@@H]1C(=O)N(c3ccc(-c4ccccc4)cc3)C(=O)[C@H]12. The Hall–Kier alpha value is -3.98. The molecule has 170 valence electrons. The van der Waals surface area contributed by atoms with E-state index in [1.54, 1.807) is 0 Å². The normalized spacial score (nSPS) is 28.0. The molecule has 2 bridgehead atoms. The highest BCUT2D eigenvalue weighted by Crippen LogP contribution is 2.66. The summed E-state index contributed by atoms with van der Waals surface area (Å²) in [6, 6.07) is 34.7. The zero-order valence-corrected chi connectivity index (χ0v) is 19.7. The molecule has 1 fully saturated rings. The molecular weight excluding hydrogens is 430 g/mol. The summed E-state index contributed by atoms with van der Waals surface area (Å²) in [5, 5.41) is 0. The van der Waals surface area contributed by atoms with Crippen LogP contribution >= 0.6 is 0 Å². The monoisotopic (exact) mass is 455 g/mol. The van der Waals surface area contributed by atoms with Crippen molar-refractivity contribution in [2.45, 2.75) is 24.7 Å². The predicted octanol–water partition coefficient (Wildman–Crippen LogP) is 6.10. The first-order valence-electron chi connectivity index (χ1n) is 12.2. The van der Waals surface area contributed by atoms with Gasteiger partial charge in [0.05, 0.1) is 17.5 Å². The van der Waals surface area contributed by atoms with Crippen LogP contribution in [0.25, 0.3) is 11.1 Å². The third kappa shape index (κ3) is 2.36. The molecule has 8 rings (SSSR count). The van der Waals surface area contributed by atoms with Crippen molar-refractivity contribution in [3.63, 3.8) is 0 Å². The van der Waals surface area contributed by atoms with Gasteiger partial charge in [-0.15, -0.1) is 0 Å². The smallest absolute Gasteiger partial charge is 0.238 e. The van der Waals surface area contributed by atoms with Crippen LogP contribution in [0.15, 0.2) is 103 Å². The highest BCUT2D eigenvalue weighted by molar-refractivity contribution is 6.24. The molecule has 1 heterocycles. The number of amides is 2.